The Morgan fingerprint density at radius 1 is 1.48 bits per heavy atom. The number of halogens is 1. The van der Waals surface area contributed by atoms with Crippen LogP contribution in [0.25, 0.3) is 0 Å². The van der Waals surface area contributed by atoms with Crippen LogP contribution < -0.4 is 10.9 Å². The molecule has 1 aliphatic rings. The Morgan fingerprint density at radius 2 is 2.22 bits per heavy atom. The first kappa shape index (κ1) is 17.6. The van der Waals surface area contributed by atoms with E-state index in [4.69, 9.17) is 10.00 Å². The molecule has 23 heavy (non-hydrogen) atoms. The Morgan fingerprint density at radius 3 is 2.87 bits per heavy atom. The number of aromatic nitrogens is 2. The van der Waals surface area contributed by atoms with Gasteiger partial charge in [0.15, 0.2) is 0 Å². The van der Waals surface area contributed by atoms with E-state index in [0.29, 0.717) is 0 Å². The van der Waals surface area contributed by atoms with Gasteiger partial charge in [-0.2, -0.15) is 5.26 Å². The normalized spacial score (nSPS) is 20.8. The number of amides is 1. The standard InChI is InChI=1S/C15H20BrN5O2/c1-15(2,3)23-14(22)21-20-11-6-4-5-9(11)13-10(16)8-18-12(7-17)19-13/h8-9,11,20H,4-6H2,1-3H3,(H,21,22). The summed E-state index contributed by atoms with van der Waals surface area (Å²) >= 11 is 3.44. The number of carbonyl (C=O) groups is 1. The zero-order valence-electron chi connectivity index (χ0n) is 13.4. The summed E-state index contributed by atoms with van der Waals surface area (Å²) in [6.45, 7) is 5.44. The summed E-state index contributed by atoms with van der Waals surface area (Å²) < 4.78 is 5.98. The van der Waals surface area contributed by atoms with Crippen molar-refractivity contribution in [3.8, 4) is 6.07 Å². The van der Waals surface area contributed by atoms with Crippen molar-refractivity contribution in [2.24, 2.45) is 0 Å². The van der Waals surface area contributed by atoms with Crippen molar-refractivity contribution < 1.29 is 9.53 Å². The van der Waals surface area contributed by atoms with Crippen LogP contribution in [0.15, 0.2) is 10.7 Å². The van der Waals surface area contributed by atoms with Crippen molar-refractivity contribution in [3.05, 3.63) is 22.2 Å². The lowest BCUT2D eigenvalue weighted by Crippen LogP contribution is -2.47. The highest BCUT2D eigenvalue weighted by Gasteiger charge is 2.32. The molecule has 0 bridgehead atoms. The maximum absolute atomic E-state index is 11.8. The van der Waals surface area contributed by atoms with Gasteiger partial charge in [0.1, 0.15) is 11.7 Å². The second-order valence-corrected chi connectivity index (χ2v) is 7.31. The molecule has 1 aromatic rings. The lowest BCUT2D eigenvalue weighted by atomic mass is 10.00. The lowest BCUT2D eigenvalue weighted by molar-refractivity contribution is 0.0486. The summed E-state index contributed by atoms with van der Waals surface area (Å²) in [5.41, 5.74) is 5.87. The van der Waals surface area contributed by atoms with E-state index in [1.165, 1.54) is 0 Å². The number of nitrogens with zero attached hydrogens (tertiary/aromatic N) is 3. The molecule has 0 spiro atoms. The second kappa shape index (κ2) is 7.23. The second-order valence-electron chi connectivity index (χ2n) is 6.45. The van der Waals surface area contributed by atoms with Gasteiger partial charge in [-0.3, -0.25) is 5.43 Å². The Kier molecular flexibility index (Phi) is 5.55. The van der Waals surface area contributed by atoms with E-state index in [1.54, 1.807) is 6.20 Å². The number of nitriles is 1. The quantitative estimate of drug-likeness (QED) is 0.780. The maximum Gasteiger partial charge on any atom is 0.422 e. The van der Waals surface area contributed by atoms with Gasteiger partial charge in [0.25, 0.3) is 0 Å². The largest absolute Gasteiger partial charge is 0.443 e. The van der Waals surface area contributed by atoms with Gasteiger partial charge >= 0.3 is 6.09 Å². The molecule has 2 unspecified atom stereocenters. The monoisotopic (exact) mass is 381 g/mol. The molecule has 8 heteroatoms. The van der Waals surface area contributed by atoms with Crippen molar-refractivity contribution in [2.45, 2.75) is 57.6 Å². The fraction of sp³-hybridized carbons (Fsp3) is 0.600. The highest BCUT2D eigenvalue weighted by atomic mass is 79.9. The molecular weight excluding hydrogens is 362 g/mol. The summed E-state index contributed by atoms with van der Waals surface area (Å²) in [5, 5.41) is 8.97. The average Bonchev–Trinajstić information content (AvgIpc) is 2.92. The highest BCUT2D eigenvalue weighted by Crippen LogP contribution is 2.36. The Labute approximate surface area is 143 Å². The van der Waals surface area contributed by atoms with E-state index < -0.39 is 11.7 Å². The number of hydrogen-bond donors (Lipinski definition) is 2. The predicted molar refractivity (Wildman–Crippen MR) is 87.3 cm³/mol. The van der Waals surface area contributed by atoms with Crippen LogP contribution in [0, 0.1) is 11.3 Å². The third-order valence-electron chi connectivity index (χ3n) is 3.50. The molecule has 1 fully saturated rings. The van der Waals surface area contributed by atoms with Crippen LogP contribution >= 0.6 is 15.9 Å². The van der Waals surface area contributed by atoms with Crippen LogP contribution in [0.2, 0.25) is 0 Å². The molecule has 7 nitrogen and oxygen atoms in total. The molecule has 0 aliphatic heterocycles. The molecule has 1 saturated carbocycles. The third kappa shape index (κ3) is 4.88. The zero-order chi connectivity index (χ0) is 17.0. The van der Waals surface area contributed by atoms with E-state index >= 15 is 0 Å². The van der Waals surface area contributed by atoms with E-state index in [0.717, 1.165) is 29.4 Å². The molecule has 2 N–H and O–H groups in total. The van der Waals surface area contributed by atoms with Crippen LogP contribution in [0.5, 0.6) is 0 Å². The molecule has 124 valence electrons. The predicted octanol–water partition coefficient (Wildman–Crippen LogP) is 2.78. The van der Waals surface area contributed by atoms with E-state index in [1.807, 2.05) is 26.8 Å². The fourth-order valence-corrected chi connectivity index (χ4v) is 3.09. The van der Waals surface area contributed by atoms with Crippen molar-refractivity contribution in [1.82, 2.24) is 20.8 Å². The van der Waals surface area contributed by atoms with Gasteiger partial charge in [0, 0.05) is 18.2 Å². The number of hydrogen-bond acceptors (Lipinski definition) is 6. The first-order valence-corrected chi connectivity index (χ1v) is 8.26. The van der Waals surface area contributed by atoms with Crippen LogP contribution in [0.3, 0.4) is 0 Å². The van der Waals surface area contributed by atoms with Gasteiger partial charge in [0.2, 0.25) is 5.82 Å². The SMILES string of the molecule is CC(C)(C)OC(=O)NNC1CCCC1c1nc(C#N)ncc1Br. The number of carbonyl (C=O) groups excluding carboxylic acids is 1. The van der Waals surface area contributed by atoms with Crippen molar-refractivity contribution >= 4 is 22.0 Å². The Hall–Kier alpha value is -1.72. The van der Waals surface area contributed by atoms with Crippen LogP contribution in [-0.4, -0.2) is 27.7 Å². The van der Waals surface area contributed by atoms with Crippen LogP contribution in [0.4, 0.5) is 4.79 Å². The number of rotatable bonds is 3. The van der Waals surface area contributed by atoms with Crippen molar-refractivity contribution in [1.29, 1.82) is 5.26 Å². The lowest BCUT2D eigenvalue weighted by Gasteiger charge is -2.24. The van der Waals surface area contributed by atoms with Crippen molar-refractivity contribution in [2.75, 3.05) is 0 Å². The summed E-state index contributed by atoms with van der Waals surface area (Å²) in [6, 6.07) is 1.98. The van der Waals surface area contributed by atoms with E-state index in [-0.39, 0.29) is 17.8 Å². The smallest absolute Gasteiger partial charge is 0.422 e. The summed E-state index contributed by atoms with van der Waals surface area (Å²) in [6.07, 6.45) is 3.92. The van der Waals surface area contributed by atoms with Crippen molar-refractivity contribution in [3.63, 3.8) is 0 Å². The van der Waals surface area contributed by atoms with E-state index in [9.17, 15) is 4.79 Å². The Balaban J connectivity index is 2.04. The maximum atomic E-state index is 11.8. The van der Waals surface area contributed by atoms with Crippen LogP contribution in [-0.2, 0) is 4.74 Å². The van der Waals surface area contributed by atoms with Gasteiger partial charge in [-0.15, -0.1) is 0 Å². The summed E-state index contributed by atoms with van der Waals surface area (Å²) in [7, 11) is 0. The minimum absolute atomic E-state index is 0.0280. The zero-order valence-corrected chi connectivity index (χ0v) is 15.0. The molecule has 1 aliphatic carbocycles. The number of hydrazine groups is 1. The third-order valence-corrected chi connectivity index (χ3v) is 4.11. The van der Waals surface area contributed by atoms with E-state index in [2.05, 4.69) is 36.7 Å². The minimum atomic E-state index is -0.543. The number of ether oxygens (including phenoxy) is 1. The summed E-state index contributed by atoms with van der Waals surface area (Å²) in [4.78, 5) is 20.0. The molecule has 1 amide bonds. The molecule has 0 saturated heterocycles. The van der Waals surface area contributed by atoms with Gasteiger partial charge in [-0.05, 0) is 49.5 Å². The minimum Gasteiger partial charge on any atom is -0.443 e. The molecule has 1 heterocycles. The highest BCUT2D eigenvalue weighted by molar-refractivity contribution is 9.10. The van der Waals surface area contributed by atoms with Gasteiger partial charge in [-0.1, -0.05) is 6.42 Å². The molecule has 1 aromatic heterocycles. The number of nitrogens with one attached hydrogen (secondary N) is 2. The molecule has 2 rings (SSSR count). The van der Waals surface area contributed by atoms with Gasteiger partial charge in [0.05, 0.1) is 10.2 Å². The van der Waals surface area contributed by atoms with Gasteiger partial charge in [-0.25, -0.2) is 20.2 Å². The van der Waals surface area contributed by atoms with Gasteiger partial charge < -0.3 is 4.74 Å². The molecule has 0 radical (unpaired) electrons. The topological polar surface area (TPSA) is 99.9 Å². The summed E-state index contributed by atoms with van der Waals surface area (Å²) in [5.74, 6) is 0.239. The fourth-order valence-electron chi connectivity index (χ4n) is 2.61. The molecule has 0 aromatic carbocycles. The first-order chi connectivity index (χ1) is 10.8. The molecule has 2 atom stereocenters. The van der Waals surface area contributed by atoms with Crippen LogP contribution in [0.1, 0.15) is 57.5 Å². The first-order valence-electron chi connectivity index (χ1n) is 7.47. The average molecular weight is 382 g/mol. The Bertz CT molecular complexity index is 623. The molecular formula is C15H20BrN5O2.